The molecule has 1 aliphatic heterocycles. The van der Waals surface area contributed by atoms with E-state index >= 15 is 0 Å². The average molecular weight is 412 g/mol. The summed E-state index contributed by atoms with van der Waals surface area (Å²) in [7, 11) is 2.89. The van der Waals surface area contributed by atoms with Crippen molar-refractivity contribution >= 4 is 29.3 Å². The van der Waals surface area contributed by atoms with E-state index in [2.05, 4.69) is 15.0 Å². The van der Waals surface area contributed by atoms with Crippen molar-refractivity contribution in [2.24, 2.45) is 5.92 Å². The minimum atomic E-state index is -0.554. The predicted molar refractivity (Wildman–Crippen MR) is 114 cm³/mol. The quantitative estimate of drug-likeness (QED) is 0.576. The van der Waals surface area contributed by atoms with E-state index in [1.54, 1.807) is 13.2 Å². The van der Waals surface area contributed by atoms with Gasteiger partial charge < -0.3 is 19.7 Å². The highest BCUT2D eigenvalue weighted by molar-refractivity contribution is 5.96. The summed E-state index contributed by atoms with van der Waals surface area (Å²) >= 11 is 0. The van der Waals surface area contributed by atoms with E-state index < -0.39 is 11.8 Å². The number of nitrogens with zero attached hydrogens (tertiary/aromatic N) is 1. The van der Waals surface area contributed by atoms with Crippen LogP contribution < -0.4 is 15.0 Å². The Balaban J connectivity index is 1.65. The Bertz CT molecular complexity index is 937. The van der Waals surface area contributed by atoms with Gasteiger partial charge in [0.05, 0.1) is 19.9 Å². The summed E-state index contributed by atoms with van der Waals surface area (Å²) in [5.74, 6) is -0.757. The van der Waals surface area contributed by atoms with Gasteiger partial charge in [0.1, 0.15) is 11.6 Å². The van der Waals surface area contributed by atoms with Crippen LogP contribution in [0.15, 0.2) is 48.5 Å². The normalized spacial score (nSPS) is 14.6. The molecule has 0 bridgehead atoms. The number of piperidine rings is 1. The van der Waals surface area contributed by atoms with Gasteiger partial charge in [-0.05, 0) is 37.1 Å². The van der Waals surface area contributed by atoms with Gasteiger partial charge in [-0.1, -0.05) is 18.2 Å². The number of nitrogens with one attached hydrogen (secondary N) is 1. The third-order valence-electron chi connectivity index (χ3n) is 5.18. The van der Waals surface area contributed by atoms with Gasteiger partial charge in [-0.3, -0.25) is 4.79 Å². The molecule has 0 radical (unpaired) electrons. The van der Waals surface area contributed by atoms with Crippen LogP contribution >= 0.6 is 0 Å². The molecule has 30 heavy (non-hydrogen) atoms. The largest absolute Gasteiger partial charge is 0.497 e. The Morgan fingerprint density at radius 3 is 2.57 bits per heavy atom. The molecule has 3 rings (SSSR count). The minimum Gasteiger partial charge on any atom is -0.497 e. The van der Waals surface area contributed by atoms with Gasteiger partial charge in [-0.15, -0.1) is 0 Å². The van der Waals surface area contributed by atoms with Gasteiger partial charge in [0.2, 0.25) is 5.91 Å². The maximum atomic E-state index is 14.4. The third kappa shape index (κ3) is 5.17. The maximum Gasteiger partial charge on any atom is 0.330 e. The summed E-state index contributed by atoms with van der Waals surface area (Å²) in [4.78, 5) is 26.3. The van der Waals surface area contributed by atoms with Crippen molar-refractivity contribution < 1.29 is 23.5 Å². The van der Waals surface area contributed by atoms with Gasteiger partial charge in [-0.2, -0.15) is 0 Å². The molecule has 1 aliphatic rings. The van der Waals surface area contributed by atoms with E-state index in [9.17, 15) is 14.0 Å². The molecule has 2 aromatic carbocycles. The highest BCUT2D eigenvalue weighted by Crippen LogP contribution is 2.28. The molecule has 0 aromatic heterocycles. The Kier molecular flexibility index (Phi) is 7.06. The fourth-order valence-electron chi connectivity index (χ4n) is 3.47. The zero-order valence-corrected chi connectivity index (χ0v) is 17.1. The number of methoxy groups -OCH3 is 2. The SMILES string of the molecule is COC(=O)/C=C/c1cccc(F)c1NC(=O)C1CCN(c2cccc(OC)c2)CC1. The third-order valence-corrected chi connectivity index (χ3v) is 5.18. The van der Waals surface area contributed by atoms with Crippen LogP contribution in [0.1, 0.15) is 18.4 Å². The molecule has 0 unspecified atom stereocenters. The zero-order valence-electron chi connectivity index (χ0n) is 17.1. The first-order valence-electron chi connectivity index (χ1n) is 9.76. The Labute approximate surface area is 175 Å². The number of amides is 1. The molecule has 158 valence electrons. The van der Waals surface area contributed by atoms with Gasteiger partial charge in [0.25, 0.3) is 0 Å². The van der Waals surface area contributed by atoms with E-state index in [1.165, 1.54) is 31.4 Å². The Morgan fingerprint density at radius 1 is 1.13 bits per heavy atom. The number of anilines is 2. The summed E-state index contributed by atoms with van der Waals surface area (Å²) < 4.78 is 24.2. The molecule has 0 atom stereocenters. The van der Waals surface area contributed by atoms with Crippen molar-refractivity contribution in [2.75, 3.05) is 37.5 Å². The lowest BCUT2D eigenvalue weighted by Gasteiger charge is -2.33. The van der Waals surface area contributed by atoms with Crippen LogP contribution in [0.3, 0.4) is 0 Å². The fourth-order valence-corrected chi connectivity index (χ4v) is 3.47. The second-order valence-corrected chi connectivity index (χ2v) is 7.01. The molecule has 2 aromatic rings. The van der Waals surface area contributed by atoms with Crippen molar-refractivity contribution in [2.45, 2.75) is 12.8 Å². The van der Waals surface area contributed by atoms with E-state index in [0.717, 1.165) is 24.5 Å². The number of ether oxygens (including phenoxy) is 2. The molecule has 0 saturated carbocycles. The first-order valence-corrected chi connectivity index (χ1v) is 9.76. The van der Waals surface area contributed by atoms with Gasteiger partial charge in [0, 0.05) is 42.4 Å². The van der Waals surface area contributed by atoms with Crippen LogP contribution in [-0.2, 0) is 14.3 Å². The summed E-state index contributed by atoms with van der Waals surface area (Å²) in [6.07, 6.45) is 3.93. The molecule has 0 spiro atoms. The van der Waals surface area contributed by atoms with Crippen LogP contribution in [-0.4, -0.2) is 39.2 Å². The standard InChI is InChI=1S/C23H25FN2O4/c1-29-19-7-4-6-18(15-19)26-13-11-17(12-14-26)23(28)25-22-16(5-3-8-20(22)24)9-10-21(27)30-2/h3-10,15,17H,11-14H2,1-2H3,(H,25,28)/b10-9+. The number of esters is 1. The molecular formula is C23H25FN2O4. The topological polar surface area (TPSA) is 67.9 Å². The van der Waals surface area contributed by atoms with Crippen LogP contribution in [0.2, 0.25) is 0 Å². The number of benzene rings is 2. The predicted octanol–water partition coefficient (Wildman–Crippen LogP) is 3.88. The summed E-state index contributed by atoms with van der Waals surface area (Å²) in [5, 5.41) is 2.71. The van der Waals surface area contributed by atoms with Gasteiger partial charge in [0.15, 0.2) is 0 Å². The van der Waals surface area contributed by atoms with E-state index in [0.29, 0.717) is 18.4 Å². The first-order chi connectivity index (χ1) is 14.5. The van der Waals surface area contributed by atoms with Crippen molar-refractivity contribution in [3.63, 3.8) is 0 Å². The van der Waals surface area contributed by atoms with Crippen LogP contribution in [0.25, 0.3) is 6.08 Å². The lowest BCUT2D eigenvalue weighted by atomic mass is 9.95. The number of halogens is 1. The smallest absolute Gasteiger partial charge is 0.330 e. The number of carbonyl (C=O) groups is 2. The van der Waals surface area contributed by atoms with Crippen molar-refractivity contribution in [3.8, 4) is 5.75 Å². The highest BCUT2D eigenvalue weighted by atomic mass is 19.1. The fraction of sp³-hybridized carbons (Fsp3) is 0.304. The second kappa shape index (κ2) is 9.91. The molecular weight excluding hydrogens is 387 g/mol. The lowest BCUT2D eigenvalue weighted by Crippen LogP contribution is -2.38. The number of carbonyl (C=O) groups excluding carboxylic acids is 2. The molecule has 1 saturated heterocycles. The zero-order chi connectivity index (χ0) is 21.5. The molecule has 1 N–H and O–H groups in total. The molecule has 1 heterocycles. The van der Waals surface area contributed by atoms with Crippen molar-refractivity contribution in [1.29, 1.82) is 0 Å². The molecule has 1 amide bonds. The first kappa shape index (κ1) is 21.4. The van der Waals surface area contributed by atoms with E-state index in [-0.39, 0.29) is 17.5 Å². The Morgan fingerprint density at radius 2 is 1.87 bits per heavy atom. The summed E-state index contributed by atoms with van der Waals surface area (Å²) in [6, 6.07) is 12.2. The lowest BCUT2D eigenvalue weighted by molar-refractivity contribution is -0.134. The highest BCUT2D eigenvalue weighted by Gasteiger charge is 2.26. The summed E-state index contributed by atoms with van der Waals surface area (Å²) in [5.41, 5.74) is 1.53. The molecule has 1 fully saturated rings. The number of hydrogen-bond donors (Lipinski definition) is 1. The Hall–Kier alpha value is -3.35. The van der Waals surface area contributed by atoms with Crippen LogP contribution in [0.4, 0.5) is 15.8 Å². The maximum absolute atomic E-state index is 14.4. The van der Waals surface area contributed by atoms with Gasteiger partial charge >= 0.3 is 5.97 Å². The monoisotopic (exact) mass is 412 g/mol. The summed E-state index contributed by atoms with van der Waals surface area (Å²) in [6.45, 7) is 1.44. The molecule has 7 heteroatoms. The van der Waals surface area contributed by atoms with E-state index in [1.807, 2.05) is 24.3 Å². The van der Waals surface area contributed by atoms with Gasteiger partial charge in [-0.25, -0.2) is 9.18 Å². The molecule has 0 aliphatic carbocycles. The number of hydrogen-bond acceptors (Lipinski definition) is 5. The van der Waals surface area contributed by atoms with Crippen LogP contribution in [0, 0.1) is 11.7 Å². The average Bonchev–Trinajstić information content (AvgIpc) is 2.79. The van der Waals surface area contributed by atoms with Crippen LogP contribution in [0.5, 0.6) is 5.75 Å². The number of rotatable bonds is 6. The van der Waals surface area contributed by atoms with Crippen molar-refractivity contribution in [3.05, 3.63) is 59.9 Å². The molecule has 6 nitrogen and oxygen atoms in total. The second-order valence-electron chi connectivity index (χ2n) is 7.01. The van der Waals surface area contributed by atoms with E-state index in [4.69, 9.17) is 4.74 Å². The minimum absolute atomic E-state index is 0.0675. The number of para-hydroxylation sites is 1. The van der Waals surface area contributed by atoms with Crippen molar-refractivity contribution in [1.82, 2.24) is 0 Å².